The van der Waals surface area contributed by atoms with E-state index in [2.05, 4.69) is 0 Å². The molecule has 0 bridgehead atoms. The van der Waals surface area contributed by atoms with Crippen molar-refractivity contribution < 1.29 is 14.3 Å². The van der Waals surface area contributed by atoms with Gasteiger partial charge in [-0.15, -0.1) is 0 Å². The van der Waals surface area contributed by atoms with E-state index in [1.807, 2.05) is 0 Å². The SMILES string of the molecule is Cc1cc(-c2ccc(Cl)cc2C(=O)O)ccc1F. The Bertz CT molecular complexity index is 623. The smallest absolute Gasteiger partial charge is 0.336 e. The highest BCUT2D eigenvalue weighted by Crippen LogP contribution is 2.27. The molecule has 0 radical (unpaired) electrons. The van der Waals surface area contributed by atoms with Gasteiger partial charge in [0.15, 0.2) is 0 Å². The Hall–Kier alpha value is -1.87. The predicted molar refractivity (Wildman–Crippen MR) is 68.5 cm³/mol. The van der Waals surface area contributed by atoms with E-state index in [1.54, 1.807) is 31.2 Å². The summed E-state index contributed by atoms with van der Waals surface area (Å²) in [5, 5.41) is 9.50. The van der Waals surface area contributed by atoms with Gasteiger partial charge in [-0.05, 0) is 47.9 Å². The van der Waals surface area contributed by atoms with Crippen LogP contribution in [0, 0.1) is 12.7 Å². The lowest BCUT2D eigenvalue weighted by Crippen LogP contribution is -1.99. The Kier molecular flexibility index (Phi) is 3.34. The van der Waals surface area contributed by atoms with Gasteiger partial charge in [-0.2, -0.15) is 0 Å². The molecule has 0 aliphatic rings. The summed E-state index contributed by atoms with van der Waals surface area (Å²) in [7, 11) is 0. The summed E-state index contributed by atoms with van der Waals surface area (Å²) in [6, 6.07) is 9.12. The van der Waals surface area contributed by atoms with Gasteiger partial charge >= 0.3 is 5.97 Å². The van der Waals surface area contributed by atoms with Crippen molar-refractivity contribution in [3.63, 3.8) is 0 Å². The van der Waals surface area contributed by atoms with E-state index in [1.165, 1.54) is 12.1 Å². The summed E-state index contributed by atoms with van der Waals surface area (Å²) in [6.07, 6.45) is 0. The number of halogens is 2. The van der Waals surface area contributed by atoms with Gasteiger partial charge < -0.3 is 5.11 Å². The number of carbonyl (C=O) groups is 1. The molecule has 2 aromatic carbocycles. The first-order valence-electron chi connectivity index (χ1n) is 5.28. The van der Waals surface area contributed by atoms with E-state index in [-0.39, 0.29) is 11.4 Å². The van der Waals surface area contributed by atoms with Crippen LogP contribution in [-0.4, -0.2) is 11.1 Å². The topological polar surface area (TPSA) is 37.3 Å². The number of aromatic carboxylic acids is 1. The Morgan fingerprint density at radius 1 is 1.22 bits per heavy atom. The molecule has 2 rings (SSSR count). The van der Waals surface area contributed by atoms with Crippen molar-refractivity contribution in [1.82, 2.24) is 0 Å². The first-order valence-corrected chi connectivity index (χ1v) is 5.66. The molecule has 0 atom stereocenters. The predicted octanol–water partition coefficient (Wildman–Crippen LogP) is 4.15. The molecule has 0 spiro atoms. The first-order chi connectivity index (χ1) is 8.49. The number of carboxylic acid groups (broad SMARTS) is 1. The molecule has 18 heavy (non-hydrogen) atoms. The molecule has 2 aromatic rings. The summed E-state index contributed by atoms with van der Waals surface area (Å²) in [5.74, 6) is -1.38. The maximum Gasteiger partial charge on any atom is 0.336 e. The molecule has 0 saturated carbocycles. The Morgan fingerprint density at radius 3 is 2.56 bits per heavy atom. The molecule has 0 unspecified atom stereocenters. The van der Waals surface area contributed by atoms with Crippen LogP contribution in [0.1, 0.15) is 15.9 Å². The molecule has 92 valence electrons. The van der Waals surface area contributed by atoms with Crippen molar-refractivity contribution in [3.8, 4) is 11.1 Å². The van der Waals surface area contributed by atoms with Gasteiger partial charge in [-0.3, -0.25) is 0 Å². The molecule has 0 amide bonds. The summed E-state index contributed by atoms with van der Waals surface area (Å²) in [6.45, 7) is 1.63. The van der Waals surface area contributed by atoms with Crippen LogP contribution in [0.5, 0.6) is 0 Å². The summed E-state index contributed by atoms with van der Waals surface area (Å²) in [5.41, 5.74) is 1.75. The molecule has 0 heterocycles. The van der Waals surface area contributed by atoms with Gasteiger partial charge in [0.2, 0.25) is 0 Å². The van der Waals surface area contributed by atoms with E-state index in [0.717, 1.165) is 0 Å². The Morgan fingerprint density at radius 2 is 1.94 bits per heavy atom. The van der Waals surface area contributed by atoms with E-state index in [4.69, 9.17) is 16.7 Å². The second-order valence-corrected chi connectivity index (χ2v) is 4.40. The van der Waals surface area contributed by atoms with Crippen LogP contribution < -0.4 is 0 Å². The van der Waals surface area contributed by atoms with Crippen molar-refractivity contribution in [2.24, 2.45) is 0 Å². The maximum absolute atomic E-state index is 13.2. The quantitative estimate of drug-likeness (QED) is 0.885. The van der Waals surface area contributed by atoms with Crippen LogP contribution in [0.2, 0.25) is 5.02 Å². The van der Waals surface area contributed by atoms with Crippen LogP contribution >= 0.6 is 11.6 Å². The van der Waals surface area contributed by atoms with E-state index < -0.39 is 5.97 Å². The Balaban J connectivity index is 2.63. The van der Waals surface area contributed by atoms with Crippen molar-refractivity contribution in [3.05, 3.63) is 58.4 Å². The second kappa shape index (κ2) is 4.78. The zero-order chi connectivity index (χ0) is 13.3. The van der Waals surface area contributed by atoms with Crippen molar-refractivity contribution >= 4 is 17.6 Å². The third-order valence-electron chi connectivity index (χ3n) is 2.68. The minimum atomic E-state index is -1.06. The fraction of sp³-hybridized carbons (Fsp3) is 0.0714. The van der Waals surface area contributed by atoms with E-state index >= 15 is 0 Å². The lowest BCUT2D eigenvalue weighted by atomic mass is 9.98. The molecule has 0 aliphatic heterocycles. The summed E-state index contributed by atoms with van der Waals surface area (Å²) < 4.78 is 13.2. The Labute approximate surface area is 109 Å². The van der Waals surface area contributed by atoms with Crippen LogP contribution in [0.4, 0.5) is 4.39 Å². The minimum absolute atomic E-state index is 0.105. The van der Waals surface area contributed by atoms with Crippen molar-refractivity contribution in [1.29, 1.82) is 0 Å². The molecular formula is C14H10ClFO2. The number of hydrogen-bond acceptors (Lipinski definition) is 1. The summed E-state index contributed by atoms with van der Waals surface area (Å²) >= 11 is 5.78. The monoisotopic (exact) mass is 264 g/mol. The number of rotatable bonds is 2. The molecule has 0 saturated heterocycles. The van der Waals surface area contributed by atoms with Gasteiger partial charge in [0.05, 0.1) is 5.56 Å². The highest BCUT2D eigenvalue weighted by atomic mass is 35.5. The molecule has 0 aromatic heterocycles. The lowest BCUT2D eigenvalue weighted by Gasteiger charge is -2.08. The third kappa shape index (κ3) is 2.36. The molecule has 0 aliphatic carbocycles. The standard InChI is InChI=1S/C14H10ClFO2/c1-8-6-9(2-5-13(8)16)11-4-3-10(15)7-12(11)14(17)18/h2-7H,1H3,(H,17,18). The van der Waals surface area contributed by atoms with Gasteiger partial charge in [0.25, 0.3) is 0 Å². The molecular weight excluding hydrogens is 255 g/mol. The zero-order valence-electron chi connectivity index (χ0n) is 9.58. The average Bonchev–Trinajstić information content (AvgIpc) is 2.32. The molecule has 2 nitrogen and oxygen atoms in total. The number of hydrogen-bond donors (Lipinski definition) is 1. The first kappa shape index (κ1) is 12.6. The van der Waals surface area contributed by atoms with E-state index in [9.17, 15) is 9.18 Å². The van der Waals surface area contributed by atoms with Gasteiger partial charge in [-0.25, -0.2) is 9.18 Å². The van der Waals surface area contributed by atoms with Crippen LogP contribution in [-0.2, 0) is 0 Å². The van der Waals surface area contributed by atoms with Crippen LogP contribution in [0.25, 0.3) is 11.1 Å². The van der Waals surface area contributed by atoms with Gasteiger partial charge in [0, 0.05) is 5.02 Å². The number of aryl methyl sites for hydroxylation is 1. The van der Waals surface area contributed by atoms with Gasteiger partial charge in [-0.1, -0.05) is 23.7 Å². The van der Waals surface area contributed by atoms with Gasteiger partial charge in [0.1, 0.15) is 5.82 Å². The van der Waals surface area contributed by atoms with Crippen molar-refractivity contribution in [2.45, 2.75) is 6.92 Å². The highest BCUT2D eigenvalue weighted by molar-refractivity contribution is 6.31. The van der Waals surface area contributed by atoms with Crippen LogP contribution in [0.15, 0.2) is 36.4 Å². The number of benzene rings is 2. The van der Waals surface area contributed by atoms with Crippen molar-refractivity contribution in [2.75, 3.05) is 0 Å². The van der Waals surface area contributed by atoms with E-state index in [0.29, 0.717) is 21.7 Å². The fourth-order valence-electron chi connectivity index (χ4n) is 1.76. The third-order valence-corrected chi connectivity index (χ3v) is 2.92. The zero-order valence-corrected chi connectivity index (χ0v) is 10.3. The lowest BCUT2D eigenvalue weighted by molar-refractivity contribution is 0.0697. The maximum atomic E-state index is 13.2. The largest absolute Gasteiger partial charge is 0.478 e. The molecule has 4 heteroatoms. The second-order valence-electron chi connectivity index (χ2n) is 3.96. The average molecular weight is 265 g/mol. The minimum Gasteiger partial charge on any atom is -0.478 e. The van der Waals surface area contributed by atoms with Crippen LogP contribution in [0.3, 0.4) is 0 Å². The summed E-state index contributed by atoms with van der Waals surface area (Å²) in [4.78, 5) is 11.2. The molecule has 1 N–H and O–H groups in total. The number of carboxylic acids is 1. The highest BCUT2D eigenvalue weighted by Gasteiger charge is 2.13. The normalized spacial score (nSPS) is 10.4. The fourth-order valence-corrected chi connectivity index (χ4v) is 1.93. The molecule has 0 fully saturated rings.